The van der Waals surface area contributed by atoms with Crippen molar-refractivity contribution in [1.29, 1.82) is 0 Å². The first kappa shape index (κ1) is 36.2. The molecular formula is C38H72N+. The van der Waals surface area contributed by atoms with Crippen molar-refractivity contribution in [3.63, 3.8) is 0 Å². The lowest BCUT2D eigenvalue weighted by atomic mass is 10.0. The summed E-state index contributed by atoms with van der Waals surface area (Å²) in [5.74, 6) is 0. The summed E-state index contributed by atoms with van der Waals surface area (Å²) in [5.41, 5.74) is 1.52. The molecule has 1 atom stereocenters. The predicted octanol–water partition coefficient (Wildman–Crippen LogP) is 12.8. The van der Waals surface area contributed by atoms with Crippen LogP contribution in [0.25, 0.3) is 0 Å². The largest absolute Gasteiger partial charge is 0.322 e. The molecule has 0 radical (unpaired) electrons. The zero-order chi connectivity index (χ0) is 28.1. The van der Waals surface area contributed by atoms with Crippen molar-refractivity contribution >= 4 is 0 Å². The topological polar surface area (TPSA) is 0 Å². The van der Waals surface area contributed by atoms with Gasteiger partial charge in [0, 0.05) is 5.56 Å². The van der Waals surface area contributed by atoms with Crippen LogP contribution in [0.4, 0.5) is 0 Å². The maximum Gasteiger partial charge on any atom is 0.104 e. The van der Waals surface area contributed by atoms with E-state index in [1.165, 1.54) is 197 Å². The fourth-order valence-electron chi connectivity index (χ4n) is 6.32. The van der Waals surface area contributed by atoms with Crippen LogP contribution in [0.5, 0.6) is 0 Å². The third-order valence-electron chi connectivity index (χ3n) is 9.01. The van der Waals surface area contributed by atoms with Gasteiger partial charge in [-0.15, -0.1) is 0 Å². The summed E-state index contributed by atoms with van der Waals surface area (Å²) < 4.78 is 1.24. The van der Waals surface area contributed by atoms with Crippen LogP contribution in [-0.2, 0) is 6.54 Å². The molecule has 0 spiro atoms. The second kappa shape index (κ2) is 27.4. The van der Waals surface area contributed by atoms with Crippen LogP contribution in [0.15, 0.2) is 30.3 Å². The van der Waals surface area contributed by atoms with Gasteiger partial charge in [0.25, 0.3) is 0 Å². The monoisotopic (exact) mass is 543 g/mol. The number of rotatable bonds is 30. The van der Waals surface area contributed by atoms with E-state index in [1.807, 2.05) is 0 Å². The summed E-state index contributed by atoms with van der Waals surface area (Å²) in [4.78, 5) is 0. The molecule has 0 aromatic heterocycles. The van der Waals surface area contributed by atoms with Crippen molar-refractivity contribution in [2.75, 3.05) is 20.1 Å². The molecule has 0 saturated heterocycles. The van der Waals surface area contributed by atoms with E-state index < -0.39 is 0 Å². The van der Waals surface area contributed by atoms with Crippen LogP contribution in [0.2, 0.25) is 0 Å². The van der Waals surface area contributed by atoms with Gasteiger partial charge in [-0.3, -0.25) is 0 Å². The van der Waals surface area contributed by atoms with Gasteiger partial charge in [0.05, 0.1) is 20.1 Å². The molecule has 1 aromatic rings. The summed E-state index contributed by atoms with van der Waals surface area (Å²) in [6.07, 6.45) is 37.6. The maximum atomic E-state index is 2.53. The molecule has 0 fully saturated rings. The number of benzene rings is 1. The summed E-state index contributed by atoms with van der Waals surface area (Å²) in [7, 11) is 2.53. The van der Waals surface area contributed by atoms with E-state index >= 15 is 0 Å². The Hall–Kier alpha value is -0.820. The Morgan fingerprint density at radius 2 is 0.667 bits per heavy atom. The minimum absolute atomic E-state index is 1.21. The Bertz CT molecular complexity index is 596. The Balaban J connectivity index is 2.10. The summed E-state index contributed by atoms with van der Waals surface area (Å²) in [6, 6.07) is 11.3. The number of hydrogen-bond donors (Lipinski definition) is 0. The maximum absolute atomic E-state index is 2.53. The van der Waals surface area contributed by atoms with E-state index in [4.69, 9.17) is 0 Å². The van der Waals surface area contributed by atoms with E-state index in [-0.39, 0.29) is 0 Å². The number of nitrogens with zero attached hydrogens (tertiary/aromatic N) is 1. The number of quaternary nitrogens is 1. The van der Waals surface area contributed by atoms with Gasteiger partial charge in [-0.2, -0.15) is 0 Å². The van der Waals surface area contributed by atoms with Gasteiger partial charge in [-0.25, -0.2) is 0 Å². The fourth-order valence-corrected chi connectivity index (χ4v) is 6.32. The van der Waals surface area contributed by atoms with Gasteiger partial charge in [-0.05, 0) is 25.7 Å². The van der Waals surface area contributed by atoms with Crippen molar-refractivity contribution in [2.24, 2.45) is 0 Å². The van der Waals surface area contributed by atoms with Gasteiger partial charge in [0.15, 0.2) is 0 Å². The first-order chi connectivity index (χ1) is 19.2. The van der Waals surface area contributed by atoms with E-state index in [0.717, 1.165) is 0 Å². The van der Waals surface area contributed by atoms with Gasteiger partial charge < -0.3 is 4.48 Å². The first-order valence-corrected chi connectivity index (χ1v) is 18.1. The van der Waals surface area contributed by atoms with E-state index in [1.54, 1.807) is 0 Å². The molecule has 0 N–H and O–H groups in total. The molecule has 1 aromatic carbocycles. The molecule has 0 amide bonds. The average molecular weight is 543 g/mol. The third-order valence-corrected chi connectivity index (χ3v) is 9.01. The van der Waals surface area contributed by atoms with Crippen molar-refractivity contribution in [3.8, 4) is 0 Å². The predicted molar refractivity (Wildman–Crippen MR) is 177 cm³/mol. The van der Waals surface area contributed by atoms with Crippen LogP contribution in [0.1, 0.15) is 186 Å². The molecule has 0 aliphatic rings. The molecule has 1 rings (SSSR count). The van der Waals surface area contributed by atoms with Gasteiger partial charge in [0.1, 0.15) is 6.54 Å². The van der Waals surface area contributed by atoms with Crippen LogP contribution >= 0.6 is 0 Å². The van der Waals surface area contributed by atoms with Crippen LogP contribution in [0, 0.1) is 0 Å². The molecule has 0 heterocycles. The summed E-state index contributed by atoms with van der Waals surface area (Å²) >= 11 is 0. The molecular weight excluding hydrogens is 470 g/mol. The van der Waals surface area contributed by atoms with Gasteiger partial charge in [0.2, 0.25) is 0 Å². The molecule has 1 heteroatoms. The Kier molecular flexibility index (Phi) is 25.4. The highest BCUT2D eigenvalue weighted by atomic mass is 15.3. The number of hydrogen-bond acceptors (Lipinski definition) is 0. The smallest absolute Gasteiger partial charge is 0.104 e. The average Bonchev–Trinajstić information content (AvgIpc) is 2.94. The molecule has 0 aliphatic heterocycles. The lowest BCUT2D eigenvalue weighted by Gasteiger charge is -2.35. The van der Waals surface area contributed by atoms with Crippen LogP contribution in [-0.4, -0.2) is 24.6 Å². The zero-order valence-corrected chi connectivity index (χ0v) is 27.3. The molecule has 39 heavy (non-hydrogen) atoms. The van der Waals surface area contributed by atoms with Crippen LogP contribution in [0.3, 0.4) is 0 Å². The van der Waals surface area contributed by atoms with Crippen LogP contribution < -0.4 is 0 Å². The molecule has 228 valence electrons. The highest BCUT2D eigenvalue weighted by Gasteiger charge is 2.21. The van der Waals surface area contributed by atoms with E-state index in [2.05, 4.69) is 51.2 Å². The Labute approximate surface area is 247 Å². The molecule has 0 aliphatic carbocycles. The Morgan fingerprint density at radius 1 is 0.385 bits per heavy atom. The number of unbranched alkanes of at least 4 members (excludes halogenated alkanes) is 24. The fraction of sp³-hybridized carbons (Fsp3) is 0.842. The minimum atomic E-state index is 1.21. The highest BCUT2D eigenvalue weighted by Crippen LogP contribution is 2.19. The van der Waals surface area contributed by atoms with E-state index in [0.29, 0.717) is 0 Å². The first-order valence-electron chi connectivity index (χ1n) is 18.1. The van der Waals surface area contributed by atoms with E-state index in [9.17, 15) is 0 Å². The SMILES string of the molecule is CCCCCCCCCCCCCCCCCC[N+](C)(CCCCCCCCCCCC)Cc1ccccc1. The lowest BCUT2D eigenvalue weighted by Crippen LogP contribution is -2.44. The minimum Gasteiger partial charge on any atom is -0.322 e. The van der Waals surface area contributed by atoms with Crippen molar-refractivity contribution in [3.05, 3.63) is 35.9 Å². The second-order valence-electron chi connectivity index (χ2n) is 13.2. The summed E-state index contributed by atoms with van der Waals surface area (Å²) in [5, 5.41) is 0. The summed E-state index contributed by atoms with van der Waals surface area (Å²) in [6.45, 7) is 8.53. The Morgan fingerprint density at radius 3 is 0.974 bits per heavy atom. The quantitative estimate of drug-likeness (QED) is 0.0669. The van der Waals surface area contributed by atoms with Gasteiger partial charge >= 0.3 is 0 Å². The molecule has 0 bridgehead atoms. The zero-order valence-electron chi connectivity index (χ0n) is 27.3. The van der Waals surface area contributed by atoms with Crippen molar-refractivity contribution < 1.29 is 4.48 Å². The molecule has 1 unspecified atom stereocenters. The normalized spacial score (nSPS) is 13.1. The molecule has 1 nitrogen and oxygen atoms in total. The highest BCUT2D eigenvalue weighted by molar-refractivity contribution is 5.13. The standard InChI is InChI=1S/C38H72N/c1-4-6-8-10-12-14-16-17-18-19-20-21-23-25-27-32-36-39(3,37-38-33-29-28-30-34-38)35-31-26-24-22-15-13-11-9-7-5-2/h28-30,33-34H,4-27,31-32,35-37H2,1-3H3/q+1. The lowest BCUT2D eigenvalue weighted by molar-refractivity contribution is -0.923. The third kappa shape index (κ3) is 23.6. The van der Waals surface area contributed by atoms with Crippen molar-refractivity contribution in [1.82, 2.24) is 0 Å². The van der Waals surface area contributed by atoms with Crippen molar-refractivity contribution in [2.45, 2.75) is 187 Å². The molecule has 0 saturated carbocycles. The second-order valence-corrected chi connectivity index (χ2v) is 13.2. The van der Waals surface area contributed by atoms with Gasteiger partial charge in [-0.1, -0.05) is 185 Å².